The zero-order chi connectivity index (χ0) is 17.2. The monoisotopic (exact) mass is 374 g/mol. The van der Waals surface area contributed by atoms with Gasteiger partial charge in [-0.15, -0.1) is 0 Å². The minimum absolute atomic E-state index is 0.237. The van der Waals surface area contributed by atoms with Crippen LogP contribution in [0.5, 0.6) is 11.5 Å². The lowest BCUT2D eigenvalue weighted by Crippen LogP contribution is -1.99. The van der Waals surface area contributed by atoms with Crippen LogP contribution in [0, 0.1) is 0 Å². The highest BCUT2D eigenvalue weighted by molar-refractivity contribution is 6.35. The summed E-state index contributed by atoms with van der Waals surface area (Å²) in [5.74, 6) is 2.63. The smallest absolute Gasteiger partial charge is 0.231 e. The van der Waals surface area contributed by atoms with Crippen LogP contribution in [0.1, 0.15) is 0 Å². The van der Waals surface area contributed by atoms with Crippen molar-refractivity contribution in [1.82, 2.24) is 9.97 Å². The fourth-order valence-electron chi connectivity index (χ4n) is 2.35. The van der Waals surface area contributed by atoms with Crippen molar-refractivity contribution in [3.63, 3.8) is 0 Å². The molecule has 0 unspecified atom stereocenters. The normalized spacial score (nSPS) is 12.1. The van der Waals surface area contributed by atoms with Crippen LogP contribution in [0.3, 0.4) is 0 Å². The van der Waals surface area contributed by atoms with Gasteiger partial charge in [0.1, 0.15) is 18.0 Å². The Labute approximate surface area is 153 Å². The maximum atomic E-state index is 6.16. The first-order valence-corrected chi connectivity index (χ1v) is 8.14. The Kier molecular flexibility index (Phi) is 4.21. The van der Waals surface area contributed by atoms with E-state index in [0.717, 1.165) is 11.4 Å². The van der Waals surface area contributed by atoms with E-state index in [4.69, 9.17) is 32.7 Å². The van der Waals surface area contributed by atoms with Crippen LogP contribution in [-0.4, -0.2) is 16.8 Å². The number of benzene rings is 2. The maximum absolute atomic E-state index is 6.16. The standard InChI is InChI=1S/C17H12Cl2N4O2/c18-10-1-3-12(19)13(5-10)23-17-7-16(20-8-21-17)22-11-2-4-14-15(6-11)25-9-24-14/h1-8H,9H2,(H2,20,21,22,23). The number of ether oxygens (including phenoxy) is 2. The molecule has 8 heteroatoms. The fraction of sp³-hybridized carbons (Fsp3) is 0.0588. The second-order valence-corrected chi connectivity index (χ2v) is 6.07. The van der Waals surface area contributed by atoms with Gasteiger partial charge in [0.25, 0.3) is 0 Å². The molecular weight excluding hydrogens is 363 g/mol. The largest absolute Gasteiger partial charge is 0.454 e. The van der Waals surface area contributed by atoms with Crippen molar-refractivity contribution in [1.29, 1.82) is 0 Å². The van der Waals surface area contributed by atoms with Crippen molar-refractivity contribution < 1.29 is 9.47 Å². The average molecular weight is 375 g/mol. The van der Waals surface area contributed by atoms with E-state index in [9.17, 15) is 0 Å². The van der Waals surface area contributed by atoms with Crippen LogP contribution < -0.4 is 20.1 Å². The number of nitrogens with zero attached hydrogens (tertiary/aromatic N) is 2. The van der Waals surface area contributed by atoms with Crippen molar-refractivity contribution in [2.24, 2.45) is 0 Å². The molecule has 0 aliphatic carbocycles. The molecule has 2 heterocycles. The maximum Gasteiger partial charge on any atom is 0.231 e. The molecule has 2 aromatic carbocycles. The summed E-state index contributed by atoms with van der Waals surface area (Å²) in [5.41, 5.74) is 1.50. The van der Waals surface area contributed by atoms with Crippen molar-refractivity contribution in [3.8, 4) is 11.5 Å². The molecule has 0 fully saturated rings. The SMILES string of the molecule is Clc1ccc(Cl)c(Nc2cc(Nc3ccc4c(c3)OCO4)ncn2)c1. The van der Waals surface area contributed by atoms with Crippen molar-refractivity contribution in [2.45, 2.75) is 0 Å². The van der Waals surface area contributed by atoms with Gasteiger partial charge in [-0.2, -0.15) is 0 Å². The zero-order valence-electron chi connectivity index (χ0n) is 12.8. The third-order valence-electron chi connectivity index (χ3n) is 3.50. The molecule has 6 nitrogen and oxygen atoms in total. The van der Waals surface area contributed by atoms with Gasteiger partial charge in [-0.05, 0) is 30.3 Å². The van der Waals surface area contributed by atoms with Crippen LogP contribution >= 0.6 is 23.2 Å². The first-order valence-electron chi connectivity index (χ1n) is 7.38. The Hall–Kier alpha value is -2.70. The molecule has 0 bridgehead atoms. The van der Waals surface area contributed by atoms with E-state index in [2.05, 4.69) is 20.6 Å². The summed E-state index contributed by atoms with van der Waals surface area (Å²) < 4.78 is 10.7. The van der Waals surface area contributed by atoms with E-state index in [1.807, 2.05) is 18.2 Å². The molecule has 0 atom stereocenters. The molecule has 1 aliphatic heterocycles. The molecule has 3 aromatic rings. The number of rotatable bonds is 4. The highest BCUT2D eigenvalue weighted by Crippen LogP contribution is 2.35. The molecule has 0 spiro atoms. The number of fused-ring (bicyclic) bond motifs is 1. The van der Waals surface area contributed by atoms with Crippen LogP contribution in [0.4, 0.5) is 23.0 Å². The van der Waals surface area contributed by atoms with Crippen molar-refractivity contribution in [3.05, 3.63) is 58.8 Å². The van der Waals surface area contributed by atoms with Gasteiger partial charge in [0.15, 0.2) is 11.5 Å². The van der Waals surface area contributed by atoms with Crippen LogP contribution in [0.25, 0.3) is 0 Å². The Morgan fingerprint density at radius 1 is 0.840 bits per heavy atom. The Morgan fingerprint density at radius 3 is 2.52 bits per heavy atom. The lowest BCUT2D eigenvalue weighted by Gasteiger charge is -2.10. The summed E-state index contributed by atoms with van der Waals surface area (Å²) in [6.07, 6.45) is 1.45. The van der Waals surface area contributed by atoms with E-state index in [1.165, 1.54) is 6.33 Å². The summed E-state index contributed by atoms with van der Waals surface area (Å²) >= 11 is 12.2. The van der Waals surface area contributed by atoms with E-state index >= 15 is 0 Å². The highest BCUT2D eigenvalue weighted by atomic mass is 35.5. The second-order valence-electron chi connectivity index (χ2n) is 5.23. The summed E-state index contributed by atoms with van der Waals surface area (Å²) in [4.78, 5) is 8.41. The lowest BCUT2D eigenvalue weighted by atomic mass is 10.2. The van der Waals surface area contributed by atoms with E-state index in [-0.39, 0.29) is 6.79 Å². The highest BCUT2D eigenvalue weighted by Gasteiger charge is 2.13. The van der Waals surface area contributed by atoms with Gasteiger partial charge in [0, 0.05) is 22.8 Å². The van der Waals surface area contributed by atoms with Crippen LogP contribution in [0.2, 0.25) is 10.0 Å². The first-order chi connectivity index (χ1) is 12.2. The lowest BCUT2D eigenvalue weighted by molar-refractivity contribution is 0.174. The van der Waals surface area contributed by atoms with Crippen LogP contribution in [-0.2, 0) is 0 Å². The predicted octanol–water partition coefficient (Wildman–Crippen LogP) is 5.00. The minimum atomic E-state index is 0.237. The van der Waals surface area contributed by atoms with Gasteiger partial charge in [0.05, 0.1) is 10.7 Å². The predicted molar refractivity (Wildman–Crippen MR) is 97.6 cm³/mol. The van der Waals surface area contributed by atoms with Gasteiger partial charge in [-0.1, -0.05) is 23.2 Å². The van der Waals surface area contributed by atoms with Crippen LogP contribution in [0.15, 0.2) is 48.8 Å². The third-order valence-corrected chi connectivity index (χ3v) is 4.07. The molecule has 1 aliphatic rings. The van der Waals surface area contributed by atoms with Gasteiger partial charge in [-0.3, -0.25) is 0 Å². The molecule has 2 N–H and O–H groups in total. The summed E-state index contributed by atoms with van der Waals surface area (Å²) in [6.45, 7) is 0.237. The number of aromatic nitrogens is 2. The molecular formula is C17H12Cl2N4O2. The Bertz CT molecular complexity index is 936. The van der Waals surface area contributed by atoms with Gasteiger partial charge in [0.2, 0.25) is 6.79 Å². The molecule has 0 amide bonds. The first kappa shape index (κ1) is 15.8. The molecule has 1 aromatic heterocycles. The van der Waals surface area contributed by atoms with E-state index < -0.39 is 0 Å². The molecule has 25 heavy (non-hydrogen) atoms. The number of nitrogens with one attached hydrogen (secondary N) is 2. The van der Waals surface area contributed by atoms with E-state index in [0.29, 0.717) is 33.1 Å². The minimum Gasteiger partial charge on any atom is -0.454 e. The fourth-order valence-corrected chi connectivity index (χ4v) is 2.68. The zero-order valence-corrected chi connectivity index (χ0v) is 14.3. The number of anilines is 4. The van der Waals surface area contributed by atoms with Crippen molar-refractivity contribution >= 4 is 46.2 Å². The third kappa shape index (κ3) is 3.55. The van der Waals surface area contributed by atoms with Crippen molar-refractivity contribution in [2.75, 3.05) is 17.4 Å². The molecule has 4 rings (SSSR count). The van der Waals surface area contributed by atoms with Gasteiger partial charge in [-0.25, -0.2) is 9.97 Å². The van der Waals surface area contributed by atoms with Gasteiger partial charge < -0.3 is 20.1 Å². The number of hydrogen-bond donors (Lipinski definition) is 2. The summed E-state index contributed by atoms with van der Waals surface area (Å²) in [7, 11) is 0. The average Bonchev–Trinajstić information content (AvgIpc) is 3.06. The molecule has 0 saturated carbocycles. The summed E-state index contributed by atoms with van der Waals surface area (Å²) in [6, 6.07) is 12.5. The van der Waals surface area contributed by atoms with Gasteiger partial charge >= 0.3 is 0 Å². The second kappa shape index (κ2) is 6.66. The number of halogens is 2. The number of hydrogen-bond acceptors (Lipinski definition) is 6. The molecule has 0 radical (unpaired) electrons. The molecule has 126 valence electrons. The Balaban J connectivity index is 1.54. The quantitative estimate of drug-likeness (QED) is 0.669. The van der Waals surface area contributed by atoms with E-state index in [1.54, 1.807) is 24.3 Å². The Morgan fingerprint density at radius 2 is 1.64 bits per heavy atom. The summed E-state index contributed by atoms with van der Waals surface area (Å²) in [5, 5.41) is 7.46. The molecule has 0 saturated heterocycles. The topological polar surface area (TPSA) is 68.3 Å².